The summed E-state index contributed by atoms with van der Waals surface area (Å²) in [5.41, 5.74) is 0.667. The zero-order valence-corrected chi connectivity index (χ0v) is 16.3. The zero-order valence-electron chi connectivity index (χ0n) is 16.3. The minimum atomic E-state index is -0.181. The molecule has 0 aromatic carbocycles. The van der Waals surface area contributed by atoms with E-state index in [-0.39, 0.29) is 17.7 Å². The van der Waals surface area contributed by atoms with Gasteiger partial charge in [0.25, 0.3) is 0 Å². The molecule has 146 valence electrons. The molecule has 0 aliphatic carbocycles. The molecule has 2 atom stereocenters. The van der Waals surface area contributed by atoms with Gasteiger partial charge < -0.3 is 15.4 Å². The van der Waals surface area contributed by atoms with Gasteiger partial charge in [-0.05, 0) is 52.0 Å². The monoisotopic (exact) mass is 363 g/mol. The number of hydrogen-bond donors (Lipinski definition) is 2. The van der Waals surface area contributed by atoms with Crippen LogP contribution < -0.4 is 10.6 Å². The molecule has 26 heavy (non-hydrogen) atoms. The van der Waals surface area contributed by atoms with Crippen LogP contribution in [-0.4, -0.2) is 58.6 Å². The van der Waals surface area contributed by atoms with E-state index in [1.165, 1.54) is 12.8 Å². The number of aromatic nitrogens is 2. The summed E-state index contributed by atoms with van der Waals surface area (Å²) >= 11 is 0. The van der Waals surface area contributed by atoms with Crippen molar-refractivity contribution in [3.63, 3.8) is 0 Å². The molecule has 0 bridgehead atoms. The lowest BCUT2D eigenvalue weighted by Crippen LogP contribution is -2.55. The molecule has 2 fully saturated rings. The lowest BCUT2D eigenvalue weighted by Gasteiger charge is -2.43. The van der Waals surface area contributed by atoms with Gasteiger partial charge in [0.1, 0.15) is 0 Å². The lowest BCUT2D eigenvalue weighted by molar-refractivity contribution is 0.0728. The molecule has 2 aliphatic rings. The van der Waals surface area contributed by atoms with Crippen LogP contribution in [0.5, 0.6) is 0 Å². The number of nitrogens with one attached hydrogen (secondary N) is 2. The van der Waals surface area contributed by atoms with Crippen LogP contribution in [0.25, 0.3) is 0 Å². The molecule has 2 saturated heterocycles. The van der Waals surface area contributed by atoms with Crippen LogP contribution in [0.15, 0.2) is 12.4 Å². The largest absolute Gasteiger partial charge is 0.376 e. The Morgan fingerprint density at radius 2 is 2.23 bits per heavy atom. The van der Waals surface area contributed by atoms with Crippen LogP contribution >= 0.6 is 0 Å². The second-order valence-corrected chi connectivity index (χ2v) is 8.40. The van der Waals surface area contributed by atoms with Crippen molar-refractivity contribution < 1.29 is 9.53 Å². The standard InChI is InChI=1S/C19H33N5O2/c1-15-6-4-8-23(11-15)19(2,3)14-20-18(25)22-16-10-21-24(12-16)13-17-7-5-9-26-17/h10,12,15,17H,4-9,11,13-14H2,1-3H3,(H2,20,22,25). The molecule has 2 aliphatic heterocycles. The molecule has 7 heteroatoms. The van der Waals surface area contributed by atoms with Crippen LogP contribution in [0, 0.1) is 5.92 Å². The van der Waals surface area contributed by atoms with E-state index in [2.05, 4.69) is 41.4 Å². The number of rotatable bonds is 6. The number of ether oxygens (including phenoxy) is 1. The summed E-state index contributed by atoms with van der Waals surface area (Å²) in [4.78, 5) is 14.7. The highest BCUT2D eigenvalue weighted by molar-refractivity contribution is 5.88. The minimum absolute atomic E-state index is 0.0456. The van der Waals surface area contributed by atoms with Crippen molar-refractivity contribution in [3.8, 4) is 0 Å². The number of anilines is 1. The van der Waals surface area contributed by atoms with Crippen molar-refractivity contribution in [1.82, 2.24) is 20.0 Å². The summed E-state index contributed by atoms with van der Waals surface area (Å²) in [6.45, 7) is 11.1. The molecule has 7 nitrogen and oxygen atoms in total. The van der Waals surface area contributed by atoms with Crippen molar-refractivity contribution in [1.29, 1.82) is 0 Å². The van der Waals surface area contributed by atoms with Gasteiger partial charge in [-0.25, -0.2) is 4.79 Å². The number of piperidine rings is 1. The second kappa shape index (κ2) is 8.39. The van der Waals surface area contributed by atoms with Gasteiger partial charge in [-0.15, -0.1) is 0 Å². The van der Waals surface area contributed by atoms with Gasteiger partial charge in [0.2, 0.25) is 0 Å². The van der Waals surface area contributed by atoms with E-state index in [4.69, 9.17) is 4.74 Å². The van der Waals surface area contributed by atoms with Crippen LogP contribution in [0.4, 0.5) is 10.5 Å². The number of carbonyl (C=O) groups excluding carboxylic acids is 1. The fourth-order valence-corrected chi connectivity index (χ4v) is 3.85. The molecule has 2 amide bonds. The number of nitrogens with zero attached hydrogens (tertiary/aromatic N) is 3. The SMILES string of the molecule is CC1CCCN(C(C)(C)CNC(=O)Nc2cnn(CC3CCCO3)c2)C1. The average Bonchev–Trinajstić information content (AvgIpc) is 3.26. The Bertz CT molecular complexity index is 595. The van der Waals surface area contributed by atoms with E-state index < -0.39 is 0 Å². The Kier molecular flexibility index (Phi) is 6.19. The molecule has 0 saturated carbocycles. The number of likely N-dealkylation sites (tertiary alicyclic amines) is 1. The minimum Gasteiger partial charge on any atom is -0.376 e. The fraction of sp³-hybridized carbons (Fsp3) is 0.789. The summed E-state index contributed by atoms with van der Waals surface area (Å²) in [5.74, 6) is 0.728. The molecular weight excluding hydrogens is 330 g/mol. The van der Waals surface area contributed by atoms with E-state index in [0.29, 0.717) is 12.2 Å². The van der Waals surface area contributed by atoms with Crippen molar-refractivity contribution in [2.75, 3.05) is 31.6 Å². The first-order chi connectivity index (χ1) is 12.4. The van der Waals surface area contributed by atoms with E-state index in [1.54, 1.807) is 6.20 Å². The zero-order chi connectivity index (χ0) is 18.6. The van der Waals surface area contributed by atoms with E-state index >= 15 is 0 Å². The first-order valence-electron chi connectivity index (χ1n) is 9.86. The third-order valence-electron chi connectivity index (χ3n) is 5.50. The normalized spacial score (nSPS) is 24.6. The molecule has 1 aromatic heterocycles. The van der Waals surface area contributed by atoms with Gasteiger partial charge in [0.15, 0.2) is 0 Å². The van der Waals surface area contributed by atoms with Crippen LogP contribution in [0.3, 0.4) is 0 Å². The maximum Gasteiger partial charge on any atom is 0.319 e. The summed E-state index contributed by atoms with van der Waals surface area (Å²) in [7, 11) is 0. The molecule has 3 heterocycles. The lowest BCUT2D eigenvalue weighted by atomic mass is 9.93. The van der Waals surface area contributed by atoms with E-state index in [0.717, 1.165) is 45.0 Å². The van der Waals surface area contributed by atoms with Gasteiger partial charge in [-0.2, -0.15) is 5.10 Å². The first-order valence-corrected chi connectivity index (χ1v) is 9.86. The van der Waals surface area contributed by atoms with Crippen LogP contribution in [0.2, 0.25) is 0 Å². The van der Waals surface area contributed by atoms with E-state index in [1.807, 2.05) is 10.9 Å². The molecular formula is C19H33N5O2. The quantitative estimate of drug-likeness (QED) is 0.815. The Morgan fingerprint density at radius 3 is 2.96 bits per heavy atom. The second-order valence-electron chi connectivity index (χ2n) is 8.40. The van der Waals surface area contributed by atoms with Crippen molar-refractivity contribution in [2.24, 2.45) is 5.92 Å². The van der Waals surface area contributed by atoms with Crippen LogP contribution in [-0.2, 0) is 11.3 Å². The Hall–Kier alpha value is -1.60. The van der Waals surface area contributed by atoms with Gasteiger partial charge in [0, 0.05) is 31.4 Å². The van der Waals surface area contributed by atoms with Crippen molar-refractivity contribution in [3.05, 3.63) is 12.4 Å². The summed E-state index contributed by atoms with van der Waals surface area (Å²) in [5, 5.41) is 10.2. The Labute approximate surface area is 156 Å². The van der Waals surface area contributed by atoms with Crippen molar-refractivity contribution in [2.45, 2.75) is 64.6 Å². The Morgan fingerprint density at radius 1 is 1.38 bits per heavy atom. The third-order valence-corrected chi connectivity index (χ3v) is 5.50. The highest BCUT2D eigenvalue weighted by Gasteiger charge is 2.30. The average molecular weight is 364 g/mol. The van der Waals surface area contributed by atoms with Gasteiger partial charge >= 0.3 is 6.03 Å². The molecule has 2 unspecified atom stereocenters. The molecule has 0 spiro atoms. The fourth-order valence-electron chi connectivity index (χ4n) is 3.85. The maximum atomic E-state index is 12.3. The topological polar surface area (TPSA) is 71.4 Å². The highest BCUT2D eigenvalue weighted by atomic mass is 16.5. The first kappa shape index (κ1) is 19.2. The smallest absolute Gasteiger partial charge is 0.319 e. The molecule has 2 N–H and O–H groups in total. The number of amides is 2. The van der Waals surface area contributed by atoms with Gasteiger partial charge in [0.05, 0.1) is 24.5 Å². The summed E-state index contributed by atoms with van der Waals surface area (Å²) in [6.07, 6.45) is 8.52. The summed E-state index contributed by atoms with van der Waals surface area (Å²) in [6, 6.07) is -0.181. The molecule has 0 radical (unpaired) electrons. The number of hydrogen-bond acceptors (Lipinski definition) is 4. The predicted octanol–water partition coefficient (Wildman–Crippen LogP) is 2.69. The van der Waals surface area contributed by atoms with Gasteiger partial charge in [-0.1, -0.05) is 6.92 Å². The molecule has 3 rings (SSSR count). The van der Waals surface area contributed by atoms with E-state index in [9.17, 15) is 4.79 Å². The van der Waals surface area contributed by atoms with Crippen molar-refractivity contribution >= 4 is 11.7 Å². The predicted molar refractivity (Wildman–Crippen MR) is 102 cm³/mol. The number of carbonyl (C=O) groups is 1. The summed E-state index contributed by atoms with van der Waals surface area (Å²) < 4.78 is 7.46. The Balaban J connectivity index is 1.44. The molecule has 1 aromatic rings. The maximum absolute atomic E-state index is 12.3. The highest BCUT2D eigenvalue weighted by Crippen LogP contribution is 2.23. The van der Waals surface area contributed by atoms with Gasteiger partial charge in [-0.3, -0.25) is 9.58 Å². The third kappa shape index (κ3) is 5.20. The van der Waals surface area contributed by atoms with Crippen LogP contribution in [0.1, 0.15) is 46.5 Å². The number of urea groups is 1.